The van der Waals surface area contributed by atoms with Crippen molar-refractivity contribution in [1.82, 2.24) is 5.01 Å². The third-order valence-corrected chi connectivity index (χ3v) is 2.95. The first-order valence-corrected chi connectivity index (χ1v) is 5.06. The van der Waals surface area contributed by atoms with Gasteiger partial charge in [0.05, 0.1) is 0 Å². The van der Waals surface area contributed by atoms with E-state index in [1.807, 2.05) is 0 Å². The number of nitrogens with zero attached hydrogens (tertiary/aromatic N) is 1. The lowest BCUT2D eigenvalue weighted by Gasteiger charge is -2.30. The fourth-order valence-electron chi connectivity index (χ4n) is 2.17. The van der Waals surface area contributed by atoms with E-state index < -0.39 is 0 Å². The summed E-state index contributed by atoms with van der Waals surface area (Å²) < 4.78 is 0. The lowest BCUT2D eigenvalue weighted by molar-refractivity contribution is -0.141. The predicted octanol–water partition coefficient (Wildman–Crippen LogP) is 0.714. The van der Waals surface area contributed by atoms with Crippen molar-refractivity contribution in [2.45, 2.75) is 32.6 Å². The minimum Gasteiger partial charge on any atom is -0.300 e. The normalized spacial score (nSPS) is 27.1. The van der Waals surface area contributed by atoms with Crippen molar-refractivity contribution in [1.29, 1.82) is 0 Å². The van der Waals surface area contributed by atoms with Gasteiger partial charge in [-0.25, -0.2) is 5.84 Å². The Morgan fingerprint density at radius 3 is 2.14 bits per heavy atom. The average molecular weight is 198 g/mol. The van der Waals surface area contributed by atoms with E-state index in [2.05, 4.69) is 0 Å². The summed E-state index contributed by atoms with van der Waals surface area (Å²) in [7, 11) is 1.54. The molecule has 0 aromatic rings. The summed E-state index contributed by atoms with van der Waals surface area (Å²) >= 11 is 0. The molecule has 0 aromatic carbocycles. The fraction of sp³-hybridized carbons (Fsp3) is 0.800. The lowest BCUT2D eigenvalue weighted by Crippen LogP contribution is -2.43. The quantitative estimate of drug-likeness (QED) is 0.404. The van der Waals surface area contributed by atoms with Crippen LogP contribution in [0.15, 0.2) is 0 Å². The average Bonchev–Trinajstić information content (AvgIpc) is 2.16. The molecule has 1 aliphatic rings. The summed E-state index contributed by atoms with van der Waals surface area (Å²) in [4.78, 5) is 23.0. The van der Waals surface area contributed by atoms with Crippen molar-refractivity contribution >= 4 is 11.7 Å². The van der Waals surface area contributed by atoms with Gasteiger partial charge < -0.3 is 0 Å². The van der Waals surface area contributed by atoms with E-state index in [1.54, 1.807) is 6.92 Å². The maximum atomic E-state index is 11.7. The van der Waals surface area contributed by atoms with Crippen molar-refractivity contribution in [2.75, 3.05) is 7.05 Å². The maximum Gasteiger partial charge on any atom is 0.240 e. The van der Waals surface area contributed by atoms with Gasteiger partial charge in [0.15, 0.2) is 0 Å². The van der Waals surface area contributed by atoms with E-state index in [9.17, 15) is 9.59 Å². The number of rotatable bonds is 2. The zero-order valence-corrected chi connectivity index (χ0v) is 8.82. The first-order valence-electron chi connectivity index (χ1n) is 5.06. The number of ketones is 1. The smallest absolute Gasteiger partial charge is 0.240 e. The number of hydrogen-bond donors (Lipinski definition) is 1. The molecule has 0 spiro atoms. The van der Waals surface area contributed by atoms with Gasteiger partial charge in [0, 0.05) is 18.9 Å². The number of Topliss-reactive ketones (excluding diaryl/α,β-unsaturated/α-hetero) is 1. The minimum absolute atomic E-state index is 0.107. The molecule has 4 nitrogen and oxygen atoms in total. The second-order valence-electron chi connectivity index (χ2n) is 4.06. The Balaban J connectivity index is 2.72. The highest BCUT2D eigenvalue weighted by atomic mass is 16.2. The molecule has 1 amide bonds. The lowest BCUT2D eigenvalue weighted by atomic mass is 9.76. The van der Waals surface area contributed by atoms with E-state index in [4.69, 9.17) is 5.84 Å². The van der Waals surface area contributed by atoms with E-state index in [-0.39, 0.29) is 23.5 Å². The summed E-state index contributed by atoms with van der Waals surface area (Å²) in [6, 6.07) is 0. The van der Waals surface area contributed by atoms with Crippen LogP contribution in [0.25, 0.3) is 0 Å². The minimum atomic E-state index is -0.184. The Labute approximate surface area is 84.4 Å². The molecule has 0 aromatic heterocycles. The fourth-order valence-corrected chi connectivity index (χ4v) is 2.17. The number of nitrogens with two attached hydrogens (primary N) is 1. The van der Waals surface area contributed by atoms with Gasteiger partial charge in [-0.1, -0.05) is 12.8 Å². The van der Waals surface area contributed by atoms with Crippen LogP contribution in [0.4, 0.5) is 0 Å². The van der Waals surface area contributed by atoms with Crippen molar-refractivity contribution < 1.29 is 9.59 Å². The molecule has 0 bridgehead atoms. The van der Waals surface area contributed by atoms with Crippen LogP contribution >= 0.6 is 0 Å². The molecule has 2 unspecified atom stereocenters. The number of hydrazine groups is 1. The summed E-state index contributed by atoms with van der Waals surface area (Å²) in [5.41, 5.74) is 0. The van der Waals surface area contributed by atoms with Crippen LogP contribution in [0.3, 0.4) is 0 Å². The van der Waals surface area contributed by atoms with Gasteiger partial charge in [0.25, 0.3) is 0 Å². The van der Waals surface area contributed by atoms with E-state index in [0.717, 1.165) is 30.7 Å². The second-order valence-corrected chi connectivity index (χ2v) is 4.06. The first kappa shape index (κ1) is 11.2. The van der Waals surface area contributed by atoms with Crippen LogP contribution in [0.5, 0.6) is 0 Å². The molecule has 14 heavy (non-hydrogen) atoms. The predicted molar refractivity (Wildman–Crippen MR) is 53.1 cm³/mol. The van der Waals surface area contributed by atoms with Crippen molar-refractivity contribution in [2.24, 2.45) is 17.7 Å². The molecule has 0 radical (unpaired) electrons. The molecule has 1 aliphatic carbocycles. The third-order valence-electron chi connectivity index (χ3n) is 2.95. The van der Waals surface area contributed by atoms with Gasteiger partial charge in [-0.05, 0) is 19.8 Å². The standard InChI is InChI=1S/C10H18N2O2/c1-7(13)8-5-3-4-6-9(8)10(14)12(2)11/h8-9H,3-6,11H2,1-2H3. The number of amides is 1. The Morgan fingerprint density at radius 2 is 1.71 bits per heavy atom. The highest BCUT2D eigenvalue weighted by Gasteiger charge is 2.34. The Kier molecular flexibility index (Phi) is 3.63. The zero-order chi connectivity index (χ0) is 10.7. The second kappa shape index (κ2) is 4.55. The Bertz CT molecular complexity index is 238. The highest BCUT2D eigenvalue weighted by Crippen LogP contribution is 2.31. The van der Waals surface area contributed by atoms with Crippen LogP contribution < -0.4 is 5.84 Å². The molecular weight excluding hydrogens is 180 g/mol. The monoisotopic (exact) mass is 198 g/mol. The van der Waals surface area contributed by atoms with Crippen molar-refractivity contribution in [3.63, 3.8) is 0 Å². The maximum absolute atomic E-state index is 11.7. The number of carbonyl (C=O) groups excluding carboxylic acids is 2. The van der Waals surface area contributed by atoms with Gasteiger partial charge in [-0.3, -0.25) is 14.6 Å². The Morgan fingerprint density at radius 1 is 1.21 bits per heavy atom. The molecule has 2 atom stereocenters. The molecule has 1 rings (SSSR count). The van der Waals surface area contributed by atoms with Crippen LogP contribution in [-0.2, 0) is 9.59 Å². The third kappa shape index (κ3) is 2.32. The topological polar surface area (TPSA) is 63.4 Å². The van der Waals surface area contributed by atoms with E-state index in [0.29, 0.717) is 0 Å². The number of hydrogen-bond acceptors (Lipinski definition) is 3. The summed E-state index contributed by atoms with van der Waals surface area (Å²) in [6.07, 6.45) is 3.69. The van der Waals surface area contributed by atoms with Crippen molar-refractivity contribution in [3.8, 4) is 0 Å². The highest BCUT2D eigenvalue weighted by molar-refractivity contribution is 5.87. The zero-order valence-electron chi connectivity index (χ0n) is 8.82. The summed E-state index contributed by atoms with van der Waals surface area (Å²) in [5.74, 6) is 5.12. The molecule has 1 saturated carbocycles. The van der Waals surface area contributed by atoms with Crippen LogP contribution in [0.1, 0.15) is 32.6 Å². The molecule has 0 saturated heterocycles. The molecule has 80 valence electrons. The Hall–Kier alpha value is -0.900. The van der Waals surface area contributed by atoms with Crippen LogP contribution in [0, 0.1) is 11.8 Å². The molecule has 4 heteroatoms. The SMILES string of the molecule is CC(=O)C1CCCCC1C(=O)N(C)N. The van der Waals surface area contributed by atoms with Crippen LogP contribution in [0.2, 0.25) is 0 Å². The molecule has 0 aliphatic heterocycles. The molecule has 1 fully saturated rings. The largest absolute Gasteiger partial charge is 0.300 e. The van der Waals surface area contributed by atoms with Gasteiger partial charge in [-0.2, -0.15) is 0 Å². The van der Waals surface area contributed by atoms with Gasteiger partial charge in [0.2, 0.25) is 5.91 Å². The van der Waals surface area contributed by atoms with Gasteiger partial charge in [0.1, 0.15) is 5.78 Å². The molecule has 2 N–H and O–H groups in total. The van der Waals surface area contributed by atoms with Crippen molar-refractivity contribution in [3.05, 3.63) is 0 Å². The number of carbonyl (C=O) groups is 2. The van der Waals surface area contributed by atoms with E-state index in [1.165, 1.54) is 7.05 Å². The summed E-state index contributed by atoms with van der Waals surface area (Å²) in [5, 5.41) is 1.10. The van der Waals surface area contributed by atoms with E-state index >= 15 is 0 Å². The van der Waals surface area contributed by atoms with Gasteiger partial charge in [-0.15, -0.1) is 0 Å². The summed E-state index contributed by atoms with van der Waals surface area (Å²) in [6.45, 7) is 1.56. The first-order chi connectivity index (χ1) is 6.54. The molecular formula is C10H18N2O2. The van der Waals surface area contributed by atoms with Gasteiger partial charge >= 0.3 is 0 Å². The van der Waals surface area contributed by atoms with Crippen LogP contribution in [-0.4, -0.2) is 23.7 Å². The molecule has 0 heterocycles.